The first kappa shape index (κ1) is 19.1. The van der Waals surface area contributed by atoms with Crippen LogP contribution in [0.15, 0.2) is 60.7 Å². The van der Waals surface area contributed by atoms with Crippen molar-refractivity contribution in [3.63, 3.8) is 0 Å². The Hall–Kier alpha value is -2.66. The Labute approximate surface area is 159 Å². The third-order valence-corrected chi connectivity index (χ3v) is 4.87. The summed E-state index contributed by atoms with van der Waals surface area (Å²) in [6.45, 7) is 4.17. The van der Waals surface area contributed by atoms with Gasteiger partial charge in [-0.1, -0.05) is 74.5 Å². The molecule has 2 aromatic carbocycles. The molecule has 5 heteroatoms. The van der Waals surface area contributed by atoms with E-state index in [2.05, 4.69) is 0 Å². The lowest BCUT2D eigenvalue weighted by molar-refractivity contribution is -0.190. The Bertz CT molecular complexity index is 775. The molecule has 1 aliphatic rings. The Morgan fingerprint density at radius 3 is 2.19 bits per heavy atom. The number of hydrogen-bond donors (Lipinski definition) is 0. The molecule has 0 aromatic heterocycles. The molecular weight excluding hydrogens is 342 g/mol. The molecule has 142 valence electrons. The predicted molar refractivity (Wildman–Crippen MR) is 102 cm³/mol. The lowest BCUT2D eigenvalue weighted by atomic mass is 9.86. The standard InChI is InChI=1S/C22H25NO4/c1-15(2)18(22(25)26-3)23-19(17-12-8-5-9-13-17)20(21(23)24)27-14-16-10-6-4-7-11-16/h4-13,15,18-20H,14H2,1-3H3. The summed E-state index contributed by atoms with van der Waals surface area (Å²) in [6.07, 6.45) is -0.612. The van der Waals surface area contributed by atoms with E-state index in [1.54, 1.807) is 4.90 Å². The normalized spacial score (nSPS) is 20.3. The van der Waals surface area contributed by atoms with Crippen LogP contribution in [0.25, 0.3) is 0 Å². The fourth-order valence-electron chi connectivity index (χ4n) is 3.53. The molecule has 2 aromatic rings. The number of nitrogens with zero attached hydrogens (tertiary/aromatic N) is 1. The SMILES string of the molecule is COC(=O)C(C(C)C)N1C(=O)C(OCc2ccccc2)C1c1ccccc1. The van der Waals surface area contributed by atoms with Crippen LogP contribution in [0.2, 0.25) is 0 Å². The summed E-state index contributed by atoms with van der Waals surface area (Å²) in [5.41, 5.74) is 1.95. The Morgan fingerprint density at radius 1 is 1.04 bits per heavy atom. The smallest absolute Gasteiger partial charge is 0.328 e. The van der Waals surface area contributed by atoms with Gasteiger partial charge in [0.2, 0.25) is 0 Å². The second-order valence-corrected chi connectivity index (χ2v) is 7.03. The summed E-state index contributed by atoms with van der Waals surface area (Å²) in [7, 11) is 1.35. The third kappa shape index (κ3) is 3.88. The van der Waals surface area contributed by atoms with Crippen LogP contribution in [0.1, 0.15) is 31.0 Å². The molecule has 1 heterocycles. The van der Waals surface area contributed by atoms with Gasteiger partial charge in [-0.15, -0.1) is 0 Å². The lowest BCUT2D eigenvalue weighted by Gasteiger charge is -2.50. The zero-order valence-corrected chi connectivity index (χ0v) is 15.9. The molecule has 0 saturated carbocycles. The minimum Gasteiger partial charge on any atom is -0.467 e. The van der Waals surface area contributed by atoms with Gasteiger partial charge in [0.1, 0.15) is 6.04 Å². The molecule has 0 aliphatic carbocycles. The minimum absolute atomic E-state index is 0.0670. The molecule has 1 fully saturated rings. The number of methoxy groups -OCH3 is 1. The van der Waals surface area contributed by atoms with E-state index in [1.807, 2.05) is 74.5 Å². The van der Waals surface area contributed by atoms with Crippen molar-refractivity contribution in [1.29, 1.82) is 0 Å². The van der Waals surface area contributed by atoms with Crippen molar-refractivity contribution in [2.45, 2.75) is 38.6 Å². The zero-order valence-electron chi connectivity index (χ0n) is 15.9. The monoisotopic (exact) mass is 367 g/mol. The second kappa shape index (κ2) is 8.35. The fraction of sp³-hybridized carbons (Fsp3) is 0.364. The van der Waals surface area contributed by atoms with Crippen LogP contribution >= 0.6 is 0 Å². The molecule has 3 atom stereocenters. The summed E-state index contributed by atoms with van der Waals surface area (Å²) in [5, 5.41) is 0. The van der Waals surface area contributed by atoms with Gasteiger partial charge < -0.3 is 14.4 Å². The Morgan fingerprint density at radius 2 is 1.63 bits per heavy atom. The van der Waals surface area contributed by atoms with E-state index in [0.29, 0.717) is 6.61 Å². The van der Waals surface area contributed by atoms with Crippen molar-refractivity contribution < 1.29 is 19.1 Å². The van der Waals surface area contributed by atoms with E-state index < -0.39 is 18.1 Å². The fourth-order valence-corrected chi connectivity index (χ4v) is 3.53. The van der Waals surface area contributed by atoms with Gasteiger partial charge in [-0.3, -0.25) is 4.79 Å². The molecule has 1 amide bonds. The third-order valence-electron chi connectivity index (χ3n) is 4.87. The van der Waals surface area contributed by atoms with E-state index in [-0.39, 0.29) is 17.9 Å². The number of carbonyl (C=O) groups excluding carboxylic acids is 2. The summed E-state index contributed by atoms with van der Waals surface area (Å²) < 4.78 is 10.9. The van der Waals surface area contributed by atoms with Gasteiger partial charge in [-0.05, 0) is 17.0 Å². The summed E-state index contributed by atoms with van der Waals surface area (Å²) >= 11 is 0. The van der Waals surface area contributed by atoms with Crippen LogP contribution in [0.4, 0.5) is 0 Å². The molecule has 5 nitrogen and oxygen atoms in total. The number of esters is 1. The van der Waals surface area contributed by atoms with Crippen molar-refractivity contribution >= 4 is 11.9 Å². The minimum atomic E-state index is -0.635. The average Bonchev–Trinajstić information content (AvgIpc) is 2.69. The van der Waals surface area contributed by atoms with E-state index in [4.69, 9.17) is 9.47 Å². The number of rotatable bonds is 7. The quantitative estimate of drug-likeness (QED) is 0.556. The number of β-lactam (4-membered cyclic amide) rings is 1. The first-order chi connectivity index (χ1) is 13.0. The highest BCUT2D eigenvalue weighted by Crippen LogP contribution is 2.40. The first-order valence-corrected chi connectivity index (χ1v) is 9.15. The van der Waals surface area contributed by atoms with E-state index in [1.165, 1.54) is 7.11 Å². The average molecular weight is 367 g/mol. The van der Waals surface area contributed by atoms with Gasteiger partial charge in [0, 0.05) is 0 Å². The largest absolute Gasteiger partial charge is 0.467 e. The van der Waals surface area contributed by atoms with E-state index in [0.717, 1.165) is 11.1 Å². The number of hydrogen-bond acceptors (Lipinski definition) is 4. The maximum absolute atomic E-state index is 12.9. The van der Waals surface area contributed by atoms with Gasteiger partial charge in [0.15, 0.2) is 6.10 Å². The molecule has 0 radical (unpaired) electrons. The molecule has 3 rings (SSSR count). The maximum Gasteiger partial charge on any atom is 0.328 e. The van der Waals surface area contributed by atoms with Crippen LogP contribution in [-0.4, -0.2) is 36.0 Å². The molecule has 0 N–H and O–H groups in total. The van der Waals surface area contributed by atoms with Crippen molar-refractivity contribution in [1.82, 2.24) is 4.90 Å². The van der Waals surface area contributed by atoms with Crippen LogP contribution in [0.5, 0.6) is 0 Å². The highest BCUT2D eigenvalue weighted by molar-refractivity contribution is 5.93. The number of amides is 1. The van der Waals surface area contributed by atoms with Gasteiger partial charge >= 0.3 is 5.97 Å². The number of benzene rings is 2. The topological polar surface area (TPSA) is 55.8 Å². The molecule has 27 heavy (non-hydrogen) atoms. The molecule has 1 aliphatic heterocycles. The number of likely N-dealkylation sites (tertiary alicyclic amines) is 1. The van der Waals surface area contributed by atoms with Gasteiger partial charge in [-0.25, -0.2) is 4.79 Å². The Balaban J connectivity index is 1.86. The van der Waals surface area contributed by atoms with Crippen molar-refractivity contribution in [2.75, 3.05) is 7.11 Å². The van der Waals surface area contributed by atoms with Gasteiger partial charge in [0.25, 0.3) is 5.91 Å². The Kier molecular flexibility index (Phi) is 5.91. The molecule has 3 unspecified atom stereocenters. The van der Waals surface area contributed by atoms with Crippen molar-refractivity contribution in [3.8, 4) is 0 Å². The van der Waals surface area contributed by atoms with Gasteiger partial charge in [-0.2, -0.15) is 0 Å². The highest BCUT2D eigenvalue weighted by Gasteiger charge is 2.54. The zero-order chi connectivity index (χ0) is 19.4. The second-order valence-electron chi connectivity index (χ2n) is 7.03. The summed E-state index contributed by atoms with van der Waals surface area (Å²) in [6, 6.07) is 18.5. The van der Waals surface area contributed by atoms with E-state index >= 15 is 0 Å². The van der Waals surface area contributed by atoms with Crippen LogP contribution in [-0.2, 0) is 25.7 Å². The molecular formula is C22H25NO4. The van der Waals surface area contributed by atoms with Gasteiger partial charge in [0.05, 0.1) is 19.8 Å². The van der Waals surface area contributed by atoms with Crippen molar-refractivity contribution in [3.05, 3.63) is 71.8 Å². The maximum atomic E-state index is 12.9. The summed E-state index contributed by atoms with van der Waals surface area (Å²) in [4.78, 5) is 26.9. The van der Waals surface area contributed by atoms with E-state index in [9.17, 15) is 9.59 Å². The number of carbonyl (C=O) groups is 2. The highest BCUT2D eigenvalue weighted by atomic mass is 16.5. The molecule has 0 bridgehead atoms. The predicted octanol–water partition coefficient (Wildman–Crippen LogP) is 3.35. The van der Waals surface area contributed by atoms with Crippen LogP contribution in [0, 0.1) is 5.92 Å². The first-order valence-electron chi connectivity index (χ1n) is 9.15. The lowest BCUT2D eigenvalue weighted by Crippen LogP contribution is -2.66. The van der Waals surface area contributed by atoms with Crippen LogP contribution in [0.3, 0.4) is 0 Å². The number of ether oxygens (including phenoxy) is 2. The molecule has 0 spiro atoms. The van der Waals surface area contributed by atoms with Crippen molar-refractivity contribution in [2.24, 2.45) is 5.92 Å². The molecule has 1 saturated heterocycles. The van der Waals surface area contributed by atoms with Crippen LogP contribution < -0.4 is 0 Å². The summed E-state index contributed by atoms with van der Waals surface area (Å²) in [5.74, 6) is -0.646.